The van der Waals surface area contributed by atoms with Gasteiger partial charge < -0.3 is 15.4 Å². The molecule has 2 aromatic rings. The Morgan fingerprint density at radius 2 is 2.08 bits per heavy atom. The van der Waals surface area contributed by atoms with Crippen molar-refractivity contribution < 1.29 is 17.9 Å². The lowest BCUT2D eigenvalue weighted by Gasteiger charge is -2.13. The predicted octanol–water partition coefficient (Wildman–Crippen LogP) is 2.06. The van der Waals surface area contributed by atoms with Crippen molar-refractivity contribution in [3.05, 3.63) is 47.7 Å². The number of hydrogen-bond acceptors (Lipinski definition) is 6. The highest BCUT2D eigenvalue weighted by Crippen LogP contribution is 2.28. The second-order valence-corrected chi connectivity index (χ2v) is 8.56. The van der Waals surface area contributed by atoms with E-state index in [2.05, 4.69) is 15.6 Å². The summed E-state index contributed by atoms with van der Waals surface area (Å²) in [6.07, 6.45) is 1.98. The third-order valence-electron chi connectivity index (χ3n) is 4.21. The Morgan fingerprint density at radius 3 is 2.77 bits per heavy atom. The van der Waals surface area contributed by atoms with Crippen molar-refractivity contribution in [2.24, 2.45) is 0 Å². The molecule has 3 rings (SSSR count). The Bertz CT molecular complexity index is 928. The number of methoxy groups -OCH3 is 1. The minimum Gasteiger partial charge on any atom is -0.495 e. The lowest BCUT2D eigenvalue weighted by molar-refractivity contribution is 0.0941. The lowest BCUT2D eigenvalue weighted by Crippen LogP contribution is -2.35. The average molecular weight is 375 g/mol. The fourth-order valence-corrected chi connectivity index (χ4v) is 4.55. The standard InChI is InChI=1S/C18H21N3O4S/c1-12-3-4-16(25-2)15(9-12)21-17-10-13(5-7-19-17)18(22)20-14-6-8-26(23,24)11-14/h3-5,7,9-10,14H,6,8,11H2,1-2H3,(H,19,21)(H,20,22). The zero-order valence-corrected chi connectivity index (χ0v) is 15.5. The number of benzene rings is 1. The molecule has 1 aliphatic heterocycles. The number of nitrogens with one attached hydrogen (secondary N) is 2. The van der Waals surface area contributed by atoms with Crippen LogP contribution in [0, 0.1) is 6.92 Å². The van der Waals surface area contributed by atoms with E-state index in [9.17, 15) is 13.2 Å². The van der Waals surface area contributed by atoms with Gasteiger partial charge >= 0.3 is 0 Å². The molecule has 1 fully saturated rings. The molecule has 0 radical (unpaired) electrons. The van der Waals surface area contributed by atoms with Crippen molar-refractivity contribution in [2.75, 3.05) is 23.9 Å². The van der Waals surface area contributed by atoms with Gasteiger partial charge in [0.05, 0.1) is 24.3 Å². The van der Waals surface area contributed by atoms with Crippen LogP contribution in [0.5, 0.6) is 5.75 Å². The number of aryl methyl sites for hydroxylation is 1. The van der Waals surface area contributed by atoms with Gasteiger partial charge in [-0.25, -0.2) is 13.4 Å². The van der Waals surface area contributed by atoms with E-state index in [1.54, 1.807) is 19.2 Å². The van der Waals surface area contributed by atoms with Gasteiger partial charge in [-0.05, 0) is 43.2 Å². The zero-order valence-electron chi connectivity index (χ0n) is 14.7. The molecule has 2 N–H and O–H groups in total. The first kappa shape index (κ1) is 18.2. The topological polar surface area (TPSA) is 97.4 Å². The number of anilines is 2. The molecule has 0 bridgehead atoms. The number of carbonyl (C=O) groups excluding carboxylic acids is 1. The molecule has 138 valence electrons. The first-order valence-corrected chi connectivity index (χ1v) is 10.1. The molecule has 1 atom stereocenters. The molecule has 26 heavy (non-hydrogen) atoms. The average Bonchev–Trinajstić information content (AvgIpc) is 2.94. The molecule has 1 aromatic heterocycles. The third-order valence-corrected chi connectivity index (χ3v) is 5.98. The molecular formula is C18H21N3O4S. The summed E-state index contributed by atoms with van der Waals surface area (Å²) in [4.78, 5) is 16.6. The van der Waals surface area contributed by atoms with E-state index in [-0.39, 0.29) is 23.5 Å². The smallest absolute Gasteiger partial charge is 0.251 e. The summed E-state index contributed by atoms with van der Waals surface area (Å²) in [6.45, 7) is 1.97. The van der Waals surface area contributed by atoms with Gasteiger partial charge in [-0.15, -0.1) is 0 Å². The first-order valence-electron chi connectivity index (χ1n) is 8.25. The van der Waals surface area contributed by atoms with Crippen LogP contribution in [0.25, 0.3) is 0 Å². The normalized spacial score (nSPS) is 18.3. The molecule has 0 aliphatic carbocycles. The lowest BCUT2D eigenvalue weighted by atomic mass is 10.2. The summed E-state index contributed by atoms with van der Waals surface area (Å²) >= 11 is 0. The van der Waals surface area contributed by atoms with Crippen LogP contribution in [0.1, 0.15) is 22.3 Å². The Balaban J connectivity index is 1.74. The van der Waals surface area contributed by atoms with Gasteiger partial charge in [-0.2, -0.15) is 0 Å². The number of sulfone groups is 1. The third kappa shape index (κ3) is 4.32. The highest BCUT2D eigenvalue weighted by atomic mass is 32.2. The second-order valence-electron chi connectivity index (χ2n) is 6.33. The van der Waals surface area contributed by atoms with E-state index in [0.717, 1.165) is 11.3 Å². The summed E-state index contributed by atoms with van der Waals surface area (Å²) < 4.78 is 28.4. The first-order chi connectivity index (χ1) is 12.4. The largest absolute Gasteiger partial charge is 0.495 e. The molecule has 8 heteroatoms. The predicted molar refractivity (Wildman–Crippen MR) is 99.8 cm³/mol. The summed E-state index contributed by atoms with van der Waals surface area (Å²) in [5.74, 6) is 0.974. The van der Waals surface area contributed by atoms with Crippen molar-refractivity contribution >= 4 is 27.2 Å². The Morgan fingerprint density at radius 1 is 1.27 bits per heavy atom. The number of rotatable bonds is 5. The van der Waals surface area contributed by atoms with Crippen molar-refractivity contribution in [2.45, 2.75) is 19.4 Å². The SMILES string of the molecule is COc1ccc(C)cc1Nc1cc(C(=O)NC2CCS(=O)(=O)C2)ccn1. The molecule has 2 heterocycles. The molecule has 7 nitrogen and oxygen atoms in total. The number of nitrogens with zero attached hydrogens (tertiary/aromatic N) is 1. The highest BCUT2D eigenvalue weighted by Gasteiger charge is 2.29. The number of carbonyl (C=O) groups is 1. The maximum atomic E-state index is 12.4. The Labute approximate surface area is 152 Å². The number of pyridine rings is 1. The van der Waals surface area contributed by atoms with E-state index < -0.39 is 9.84 Å². The summed E-state index contributed by atoms with van der Waals surface area (Å²) in [5, 5.41) is 5.93. The second kappa shape index (κ2) is 7.33. The Kier molecular flexibility index (Phi) is 5.13. The van der Waals surface area contributed by atoms with Gasteiger partial charge in [-0.3, -0.25) is 4.79 Å². The molecule has 1 unspecified atom stereocenters. The fourth-order valence-electron chi connectivity index (χ4n) is 2.88. The van der Waals surface area contributed by atoms with Crippen LogP contribution in [0.4, 0.5) is 11.5 Å². The molecule has 1 amide bonds. The molecule has 1 aliphatic rings. The van der Waals surface area contributed by atoms with Crippen LogP contribution in [0.15, 0.2) is 36.5 Å². The van der Waals surface area contributed by atoms with E-state index in [4.69, 9.17) is 4.74 Å². The van der Waals surface area contributed by atoms with Crippen molar-refractivity contribution in [1.29, 1.82) is 0 Å². The number of aromatic nitrogens is 1. The van der Waals surface area contributed by atoms with Gasteiger partial charge in [0.15, 0.2) is 9.84 Å². The van der Waals surface area contributed by atoms with E-state index in [0.29, 0.717) is 23.6 Å². The summed E-state index contributed by atoms with van der Waals surface area (Å²) in [7, 11) is -1.45. The minimum absolute atomic E-state index is 0.00454. The highest BCUT2D eigenvalue weighted by molar-refractivity contribution is 7.91. The van der Waals surface area contributed by atoms with E-state index in [1.807, 2.05) is 25.1 Å². The van der Waals surface area contributed by atoms with Crippen molar-refractivity contribution in [3.63, 3.8) is 0 Å². The quantitative estimate of drug-likeness (QED) is 0.830. The van der Waals surface area contributed by atoms with Gasteiger partial charge in [0, 0.05) is 17.8 Å². The van der Waals surface area contributed by atoms with Crippen LogP contribution in [0.3, 0.4) is 0 Å². The maximum absolute atomic E-state index is 12.4. The Hall–Kier alpha value is -2.61. The van der Waals surface area contributed by atoms with Crippen LogP contribution in [0.2, 0.25) is 0 Å². The summed E-state index contributed by atoms with van der Waals surface area (Å²) in [6, 6.07) is 8.61. The molecule has 0 spiro atoms. The minimum atomic E-state index is -3.04. The molecule has 1 saturated heterocycles. The van der Waals surface area contributed by atoms with E-state index in [1.165, 1.54) is 6.20 Å². The number of hydrogen-bond donors (Lipinski definition) is 2. The van der Waals surface area contributed by atoms with Crippen LogP contribution in [-0.4, -0.2) is 44.0 Å². The van der Waals surface area contributed by atoms with Crippen LogP contribution >= 0.6 is 0 Å². The molecule has 0 saturated carbocycles. The van der Waals surface area contributed by atoms with Crippen molar-refractivity contribution in [1.82, 2.24) is 10.3 Å². The van der Waals surface area contributed by atoms with Gasteiger partial charge in [0.1, 0.15) is 11.6 Å². The molecule has 1 aromatic carbocycles. The summed E-state index contributed by atoms with van der Waals surface area (Å²) in [5.41, 5.74) is 2.22. The van der Waals surface area contributed by atoms with Crippen molar-refractivity contribution in [3.8, 4) is 5.75 Å². The number of ether oxygens (including phenoxy) is 1. The monoisotopic (exact) mass is 375 g/mol. The van der Waals surface area contributed by atoms with Gasteiger partial charge in [-0.1, -0.05) is 6.07 Å². The number of amides is 1. The van der Waals surface area contributed by atoms with Crippen LogP contribution < -0.4 is 15.4 Å². The zero-order chi connectivity index (χ0) is 18.7. The van der Waals surface area contributed by atoms with Gasteiger partial charge in [0.25, 0.3) is 5.91 Å². The van der Waals surface area contributed by atoms with Crippen LogP contribution in [-0.2, 0) is 9.84 Å². The molecular weight excluding hydrogens is 354 g/mol. The maximum Gasteiger partial charge on any atom is 0.251 e. The van der Waals surface area contributed by atoms with Gasteiger partial charge in [0.2, 0.25) is 0 Å². The van der Waals surface area contributed by atoms with E-state index >= 15 is 0 Å². The fraction of sp³-hybridized carbons (Fsp3) is 0.333.